The third kappa shape index (κ3) is 19.6. The Bertz CT molecular complexity index is 7660. The molecule has 20 bridgehead atoms. The highest BCUT2D eigenvalue weighted by molar-refractivity contribution is 7.98. The first-order valence-corrected chi connectivity index (χ1v) is 52.4. The number of aromatic amines is 4. The highest BCUT2D eigenvalue weighted by Gasteiger charge is 2.29. The Labute approximate surface area is 853 Å². The lowest BCUT2D eigenvalue weighted by atomic mass is 9.86. The molecule has 21 rings (SSSR count). The van der Waals surface area contributed by atoms with Gasteiger partial charge in [-0.25, -0.2) is 19.9 Å². The molecule has 0 unspecified atom stereocenters. The minimum absolute atomic E-state index is 0.0286. The molecule has 14 heteroatoms. The van der Waals surface area contributed by atoms with Gasteiger partial charge in [-0.15, -0.1) is 0 Å². The molecule has 12 nitrogen and oxygen atoms in total. The van der Waals surface area contributed by atoms with Crippen molar-refractivity contribution in [1.29, 1.82) is 0 Å². The monoisotopic (exact) mass is 1920 g/mol. The molecule has 2 amide bonds. The van der Waals surface area contributed by atoms with Gasteiger partial charge in [0.2, 0.25) is 0 Å². The zero-order valence-electron chi connectivity index (χ0n) is 85.4. The van der Waals surface area contributed by atoms with Crippen LogP contribution in [0.3, 0.4) is 0 Å². The number of nitrogens with zero attached hydrogens (tertiary/aromatic N) is 4. The number of hydrogen-bond acceptors (Lipinski definition) is 8. The minimum atomic E-state index is -0.192. The fraction of sp³-hybridized carbons (Fsp3) is 0.215. The predicted octanol–water partition coefficient (Wildman–Crippen LogP) is 34.4. The van der Waals surface area contributed by atoms with Crippen LogP contribution in [0.4, 0.5) is 11.4 Å². The topological polar surface area (TPSA) is 173 Å². The summed E-state index contributed by atoms with van der Waals surface area (Å²) in [6, 6.07) is 100. The molecular formula is C130H122N10O2S2. The fourth-order valence-corrected chi connectivity index (χ4v) is 22.0. The Kier molecular flexibility index (Phi) is 24.7. The van der Waals surface area contributed by atoms with Crippen molar-refractivity contribution in [3.63, 3.8) is 0 Å². The van der Waals surface area contributed by atoms with E-state index in [0.717, 1.165) is 201 Å². The summed E-state index contributed by atoms with van der Waals surface area (Å²) < 4.78 is 0. The number of amides is 2. The summed E-state index contributed by atoms with van der Waals surface area (Å²) in [5.41, 5.74) is 43.7. The minimum Gasteiger partial charge on any atom is -0.354 e. The first-order valence-electron chi connectivity index (χ1n) is 50.1. The summed E-state index contributed by atoms with van der Waals surface area (Å²) in [5.74, 6) is 2.24. The molecule has 5 aliphatic heterocycles. The average molecular weight is 1920 g/mol. The van der Waals surface area contributed by atoms with Crippen molar-refractivity contribution < 1.29 is 9.59 Å². The molecule has 0 saturated carbocycles. The highest BCUT2D eigenvalue weighted by atomic mass is 32.2. The number of fused-ring (bicyclic) bond motifs is 20. The lowest BCUT2D eigenvalue weighted by molar-refractivity contribution is 0.101. The van der Waals surface area contributed by atoms with Gasteiger partial charge in [0.1, 0.15) is 0 Å². The SMILES string of the molecule is CC(C)(C)c1ccc(-c2c3nc(c(-c4ccc(C(C)(C)C)cc4)c4ccc([nH]4)c(-c4ccc(C(C)(C)C)cc4)c4nc(c(-c5ccc(NC(=O)c6cc7cc(c6)CSCc6cc(cc(C(=O)Nc8ccc(-c9c%10nc(c(-c%11ccc(C(C)(C)C)cc%11)c%11ccc([nH]%11)c(-c%11ccc(C(C)(C)C)cc%11)c%11nc(c(-c%12ccc(C(C)(C)C)cc%12)c%12ccc9[nH]%12)C=C%11)C=C%10)cc8)c6)CSC7)cc5)c5ccc2[nH]5)C=C4)C=C3)cc1. The standard InChI is InChI=1S/C130H122N10O2S2/c1-125(2,3)91-35-19-81(20-36-91)115-99-51-55-103(133-99)117(83-23-39-93(40-24-83)127(7,8)9)107-59-63-111(137-107)121(112-64-60-108(138-112)118(104-56-52-100(115)134-104)84-25-41-94(42-26-84)128(10,11)12)87-31-47-97(48-32-87)131-123(141)89-69-77-67-78(70-89)74-144-76-80-68-79(75-143-73-77)71-90(72-80)124(142)132-98-49-33-88(34-50-98)122-113-65-61-109(139-113)119(85-27-43-95(44-28-85)129(13,14)15)105-57-53-101(135-105)116(82-21-37-92(38-22-82)126(4,5)6)102-54-58-106(136-102)120(110-62-66-114(122)140-110)86-29-45-96(46-30-86)130(16,17)18/h19-72,133,135,138,140H,73-76H2,1-18H3,(H,131,141)(H,132,142). The van der Waals surface area contributed by atoms with Crippen LogP contribution < -0.4 is 10.6 Å². The highest BCUT2D eigenvalue weighted by Crippen LogP contribution is 2.46. The fourth-order valence-electron chi connectivity index (χ4n) is 20.2. The lowest BCUT2D eigenvalue weighted by Crippen LogP contribution is -2.13. The number of aromatic nitrogens is 8. The lowest BCUT2D eigenvalue weighted by Gasteiger charge is -2.19. The molecule has 0 spiro atoms. The second-order valence-corrected chi connectivity index (χ2v) is 47.1. The first-order chi connectivity index (χ1) is 68.8. The van der Waals surface area contributed by atoms with Crippen molar-refractivity contribution in [2.24, 2.45) is 0 Å². The molecular weight excluding hydrogens is 1800 g/mol. The molecule has 144 heavy (non-hydrogen) atoms. The van der Waals surface area contributed by atoms with Crippen LogP contribution in [-0.2, 0) is 55.5 Å². The normalized spacial score (nSPS) is 13.4. The van der Waals surface area contributed by atoms with E-state index >= 15 is 0 Å². The van der Waals surface area contributed by atoms with Crippen LogP contribution in [0.5, 0.6) is 0 Å². The molecule has 11 heterocycles. The summed E-state index contributed by atoms with van der Waals surface area (Å²) in [6.45, 7) is 40.5. The second kappa shape index (κ2) is 37.4. The maximum absolute atomic E-state index is 14.9. The van der Waals surface area contributed by atoms with Crippen LogP contribution in [0.2, 0.25) is 0 Å². The summed E-state index contributed by atoms with van der Waals surface area (Å²) in [7, 11) is 0. The zero-order valence-corrected chi connectivity index (χ0v) is 87.1. The maximum Gasteiger partial charge on any atom is 0.255 e. The van der Waals surface area contributed by atoms with Crippen LogP contribution in [0.25, 0.3) is 182 Å². The number of rotatable bonds is 12. The summed E-state index contributed by atoms with van der Waals surface area (Å²) in [5, 5.41) is 6.62. The van der Waals surface area contributed by atoms with Gasteiger partial charge >= 0.3 is 0 Å². The third-order valence-electron chi connectivity index (χ3n) is 28.3. The molecule has 10 aromatic carbocycles. The van der Waals surface area contributed by atoms with E-state index in [1.165, 1.54) is 33.4 Å². The van der Waals surface area contributed by atoms with Crippen LogP contribution in [0.15, 0.2) is 279 Å². The van der Waals surface area contributed by atoms with Crippen molar-refractivity contribution in [3.05, 3.63) is 391 Å². The Balaban J connectivity index is 0.573. The van der Waals surface area contributed by atoms with Gasteiger partial charge in [-0.2, -0.15) is 23.5 Å². The van der Waals surface area contributed by atoms with E-state index in [0.29, 0.717) is 45.5 Å². The largest absolute Gasteiger partial charge is 0.354 e. The van der Waals surface area contributed by atoms with Gasteiger partial charge in [0.25, 0.3) is 11.8 Å². The number of thioether (sulfide) groups is 2. The van der Waals surface area contributed by atoms with Gasteiger partial charge < -0.3 is 30.6 Å². The molecule has 0 atom stereocenters. The summed E-state index contributed by atoms with van der Waals surface area (Å²) in [6.07, 6.45) is 17.2. The zero-order chi connectivity index (χ0) is 100. The quantitative estimate of drug-likeness (QED) is 0.0701. The molecule has 5 aliphatic rings. The summed E-state index contributed by atoms with van der Waals surface area (Å²) >= 11 is 3.54. The van der Waals surface area contributed by atoms with Crippen LogP contribution in [0.1, 0.15) is 247 Å². The van der Waals surface area contributed by atoms with E-state index in [2.05, 4.69) is 434 Å². The summed E-state index contributed by atoms with van der Waals surface area (Å²) in [4.78, 5) is 68.3. The van der Waals surface area contributed by atoms with Gasteiger partial charge in [0, 0.05) is 134 Å². The maximum atomic E-state index is 14.9. The van der Waals surface area contributed by atoms with Crippen LogP contribution >= 0.6 is 23.5 Å². The van der Waals surface area contributed by atoms with Crippen LogP contribution in [-0.4, -0.2) is 51.7 Å². The molecule has 16 aromatic rings. The Hall–Kier alpha value is -15.0. The first kappa shape index (κ1) is 95.2. The second-order valence-electron chi connectivity index (χ2n) is 45.1. The molecule has 0 radical (unpaired) electrons. The van der Waals surface area contributed by atoms with Gasteiger partial charge in [0.05, 0.1) is 45.6 Å². The number of anilines is 2. The van der Waals surface area contributed by atoms with Crippen LogP contribution in [0, 0.1) is 0 Å². The Morgan fingerprint density at radius 1 is 0.215 bits per heavy atom. The Morgan fingerprint density at radius 2 is 0.368 bits per heavy atom. The molecule has 716 valence electrons. The van der Waals surface area contributed by atoms with Gasteiger partial charge in [0.15, 0.2) is 0 Å². The molecule has 0 aliphatic carbocycles. The van der Waals surface area contributed by atoms with Crippen molar-refractivity contribution in [2.75, 3.05) is 10.6 Å². The molecule has 6 aromatic heterocycles. The van der Waals surface area contributed by atoms with Crippen molar-refractivity contribution in [2.45, 2.75) is 180 Å². The van der Waals surface area contributed by atoms with E-state index in [-0.39, 0.29) is 44.3 Å². The van der Waals surface area contributed by atoms with E-state index < -0.39 is 0 Å². The smallest absolute Gasteiger partial charge is 0.255 e. The number of carbonyl (C=O) groups is 2. The third-order valence-corrected chi connectivity index (χ3v) is 30.5. The van der Waals surface area contributed by atoms with Gasteiger partial charge in [-0.3, -0.25) is 9.59 Å². The van der Waals surface area contributed by atoms with E-state index in [4.69, 9.17) is 19.9 Å². The number of H-pyrrole nitrogens is 4. The molecule has 0 fully saturated rings. The predicted molar refractivity (Wildman–Crippen MR) is 612 cm³/mol. The van der Waals surface area contributed by atoms with E-state index in [1.807, 2.05) is 48.5 Å². The van der Waals surface area contributed by atoms with E-state index in [1.54, 1.807) is 23.5 Å². The number of benzene rings is 10. The molecule has 0 saturated heterocycles. The van der Waals surface area contributed by atoms with Crippen molar-refractivity contribution >= 4 is 139 Å². The van der Waals surface area contributed by atoms with Crippen molar-refractivity contribution in [3.8, 4) is 89.0 Å². The number of carbonyl (C=O) groups excluding carboxylic acids is 2. The number of hydrogen-bond donors (Lipinski definition) is 6. The van der Waals surface area contributed by atoms with E-state index in [9.17, 15) is 9.59 Å². The average Bonchev–Trinajstić information content (AvgIpc) is 1.61. The molecule has 6 N–H and O–H groups in total. The van der Waals surface area contributed by atoms with Crippen molar-refractivity contribution in [1.82, 2.24) is 39.9 Å². The Morgan fingerprint density at radius 3 is 0.521 bits per heavy atom. The van der Waals surface area contributed by atoms with Gasteiger partial charge in [-0.05, 0) is 278 Å². The number of nitrogens with one attached hydrogen (secondary N) is 6. The van der Waals surface area contributed by atoms with Gasteiger partial charge in [-0.1, -0.05) is 307 Å².